The number of carbonyl (C=O) groups excluding carboxylic acids is 3. The Morgan fingerprint density at radius 2 is 1.52 bits per heavy atom. The summed E-state index contributed by atoms with van der Waals surface area (Å²) in [7, 11) is 0. The second-order valence-corrected chi connectivity index (χ2v) is 5.91. The van der Waals surface area contributed by atoms with Gasteiger partial charge in [0.1, 0.15) is 6.04 Å². The number of esters is 1. The molecule has 2 N–H and O–H groups in total. The van der Waals surface area contributed by atoms with Gasteiger partial charge < -0.3 is 15.4 Å². The van der Waals surface area contributed by atoms with Crippen molar-refractivity contribution < 1.29 is 19.1 Å². The molecule has 2 aromatic rings. The average Bonchev–Trinajstić information content (AvgIpc) is 2.67. The molecule has 0 fully saturated rings. The molecule has 0 aliphatic carbocycles. The van der Waals surface area contributed by atoms with E-state index in [4.69, 9.17) is 4.74 Å². The second kappa shape index (κ2) is 9.91. The van der Waals surface area contributed by atoms with Gasteiger partial charge in [-0.2, -0.15) is 0 Å². The van der Waals surface area contributed by atoms with Crippen molar-refractivity contribution in [3.8, 4) is 0 Å². The van der Waals surface area contributed by atoms with Crippen LogP contribution in [0.3, 0.4) is 0 Å². The number of rotatable bonds is 7. The van der Waals surface area contributed by atoms with Crippen LogP contribution in [0.1, 0.15) is 19.4 Å². The molecular weight excluding hydrogens is 344 g/mol. The highest BCUT2D eigenvalue weighted by Gasteiger charge is 2.22. The third kappa shape index (κ3) is 6.78. The van der Waals surface area contributed by atoms with Crippen molar-refractivity contribution in [3.05, 3.63) is 72.3 Å². The fourth-order valence-electron chi connectivity index (χ4n) is 2.15. The Morgan fingerprint density at radius 3 is 2.15 bits per heavy atom. The van der Waals surface area contributed by atoms with E-state index >= 15 is 0 Å². The molecule has 140 valence electrons. The molecule has 6 heteroatoms. The standard InChI is InChI=1S/C21H22N2O4/c1-15(22-19(24)14-13-17-9-5-3-6-10-17)21(26)27-16(2)20(25)23-18-11-7-4-8-12-18/h3-16H,1-2H3,(H,22,24)(H,23,25)/b14-13+/t15-,16-/m0/s1. The Labute approximate surface area is 158 Å². The topological polar surface area (TPSA) is 84.5 Å². The first-order chi connectivity index (χ1) is 13.0. The minimum Gasteiger partial charge on any atom is -0.451 e. The van der Waals surface area contributed by atoms with Crippen LogP contribution in [0.2, 0.25) is 0 Å². The summed E-state index contributed by atoms with van der Waals surface area (Å²) in [6.07, 6.45) is 1.99. The number of carbonyl (C=O) groups is 3. The summed E-state index contributed by atoms with van der Waals surface area (Å²) in [5.74, 6) is -1.56. The van der Waals surface area contributed by atoms with E-state index in [9.17, 15) is 14.4 Å². The number of amides is 2. The van der Waals surface area contributed by atoms with Gasteiger partial charge in [-0.15, -0.1) is 0 Å². The molecule has 0 saturated heterocycles. The molecule has 0 unspecified atom stereocenters. The number of hydrogen-bond donors (Lipinski definition) is 2. The molecule has 0 aromatic heterocycles. The van der Waals surface area contributed by atoms with E-state index in [1.807, 2.05) is 36.4 Å². The zero-order valence-electron chi connectivity index (χ0n) is 15.2. The molecule has 0 saturated carbocycles. The molecule has 0 aliphatic rings. The molecule has 0 spiro atoms. The van der Waals surface area contributed by atoms with Crippen LogP contribution in [-0.2, 0) is 19.1 Å². The first kappa shape index (κ1) is 19.9. The van der Waals surface area contributed by atoms with Crippen molar-refractivity contribution in [2.45, 2.75) is 26.0 Å². The highest BCUT2D eigenvalue weighted by Crippen LogP contribution is 2.07. The van der Waals surface area contributed by atoms with E-state index < -0.39 is 29.9 Å². The van der Waals surface area contributed by atoms with Crippen molar-refractivity contribution >= 4 is 29.5 Å². The Bertz CT molecular complexity index is 803. The van der Waals surface area contributed by atoms with Gasteiger partial charge >= 0.3 is 5.97 Å². The third-order valence-corrected chi connectivity index (χ3v) is 3.64. The van der Waals surface area contributed by atoms with Crippen molar-refractivity contribution in [1.29, 1.82) is 0 Å². The summed E-state index contributed by atoms with van der Waals surface area (Å²) >= 11 is 0. The molecule has 6 nitrogen and oxygen atoms in total. The van der Waals surface area contributed by atoms with Crippen LogP contribution in [0, 0.1) is 0 Å². The number of para-hydroxylation sites is 1. The van der Waals surface area contributed by atoms with Crippen LogP contribution in [0.25, 0.3) is 6.08 Å². The van der Waals surface area contributed by atoms with Crippen LogP contribution >= 0.6 is 0 Å². The summed E-state index contributed by atoms with van der Waals surface area (Å²) in [6.45, 7) is 2.97. The van der Waals surface area contributed by atoms with E-state index in [1.54, 1.807) is 30.3 Å². The Kier molecular flexibility index (Phi) is 7.31. The van der Waals surface area contributed by atoms with Gasteiger partial charge in [0.2, 0.25) is 5.91 Å². The highest BCUT2D eigenvalue weighted by molar-refractivity contribution is 5.97. The van der Waals surface area contributed by atoms with Crippen molar-refractivity contribution in [1.82, 2.24) is 5.32 Å². The number of benzene rings is 2. The molecule has 0 aliphatic heterocycles. The van der Waals surface area contributed by atoms with Gasteiger partial charge in [0.05, 0.1) is 0 Å². The molecule has 2 rings (SSSR count). The quantitative estimate of drug-likeness (QED) is 0.583. The summed E-state index contributed by atoms with van der Waals surface area (Å²) in [5, 5.41) is 5.16. The molecule has 2 aromatic carbocycles. The normalized spacial score (nSPS) is 12.8. The van der Waals surface area contributed by atoms with E-state index in [-0.39, 0.29) is 0 Å². The number of ether oxygens (including phenoxy) is 1. The Balaban J connectivity index is 1.81. The van der Waals surface area contributed by atoms with Gasteiger partial charge in [0, 0.05) is 11.8 Å². The van der Waals surface area contributed by atoms with Crippen LogP contribution in [-0.4, -0.2) is 29.9 Å². The molecule has 27 heavy (non-hydrogen) atoms. The van der Waals surface area contributed by atoms with Gasteiger partial charge in [0.15, 0.2) is 6.10 Å². The lowest BCUT2D eigenvalue weighted by atomic mass is 10.2. The predicted molar refractivity (Wildman–Crippen MR) is 104 cm³/mol. The largest absolute Gasteiger partial charge is 0.451 e. The maximum absolute atomic E-state index is 12.1. The molecule has 0 heterocycles. The maximum Gasteiger partial charge on any atom is 0.329 e. The van der Waals surface area contributed by atoms with E-state index in [2.05, 4.69) is 10.6 Å². The Morgan fingerprint density at radius 1 is 0.926 bits per heavy atom. The third-order valence-electron chi connectivity index (χ3n) is 3.64. The fourth-order valence-corrected chi connectivity index (χ4v) is 2.15. The van der Waals surface area contributed by atoms with Gasteiger partial charge in [-0.25, -0.2) is 4.79 Å². The lowest BCUT2D eigenvalue weighted by Crippen LogP contribution is -2.41. The lowest BCUT2D eigenvalue weighted by molar-refractivity contribution is -0.155. The monoisotopic (exact) mass is 366 g/mol. The van der Waals surface area contributed by atoms with Gasteiger partial charge in [-0.3, -0.25) is 9.59 Å². The van der Waals surface area contributed by atoms with Crippen LogP contribution in [0.5, 0.6) is 0 Å². The van der Waals surface area contributed by atoms with Crippen LogP contribution < -0.4 is 10.6 Å². The van der Waals surface area contributed by atoms with Crippen LogP contribution in [0.4, 0.5) is 5.69 Å². The zero-order valence-corrected chi connectivity index (χ0v) is 15.2. The summed E-state index contributed by atoms with van der Waals surface area (Å²) in [4.78, 5) is 36.1. The van der Waals surface area contributed by atoms with E-state index in [0.717, 1.165) is 5.56 Å². The molecule has 0 radical (unpaired) electrons. The van der Waals surface area contributed by atoms with Crippen molar-refractivity contribution in [3.63, 3.8) is 0 Å². The minimum absolute atomic E-state index is 0.426. The summed E-state index contributed by atoms with van der Waals surface area (Å²) in [6, 6.07) is 17.3. The zero-order chi connectivity index (χ0) is 19.6. The lowest BCUT2D eigenvalue weighted by Gasteiger charge is -2.17. The first-order valence-electron chi connectivity index (χ1n) is 8.55. The number of nitrogens with one attached hydrogen (secondary N) is 2. The average molecular weight is 366 g/mol. The smallest absolute Gasteiger partial charge is 0.329 e. The molecular formula is C21H22N2O4. The maximum atomic E-state index is 12.1. The number of anilines is 1. The molecule has 2 amide bonds. The number of hydrogen-bond acceptors (Lipinski definition) is 4. The highest BCUT2D eigenvalue weighted by atomic mass is 16.5. The summed E-state index contributed by atoms with van der Waals surface area (Å²) in [5.41, 5.74) is 1.48. The van der Waals surface area contributed by atoms with Gasteiger partial charge in [-0.05, 0) is 37.6 Å². The molecule has 2 atom stereocenters. The predicted octanol–water partition coefficient (Wildman–Crippen LogP) is 2.77. The SMILES string of the molecule is C[C@H](NC(=O)/C=C/c1ccccc1)C(=O)O[C@@H](C)C(=O)Nc1ccccc1. The van der Waals surface area contributed by atoms with Gasteiger partial charge in [-0.1, -0.05) is 48.5 Å². The van der Waals surface area contributed by atoms with Crippen molar-refractivity contribution in [2.24, 2.45) is 0 Å². The van der Waals surface area contributed by atoms with E-state index in [1.165, 1.54) is 19.9 Å². The summed E-state index contributed by atoms with van der Waals surface area (Å²) < 4.78 is 5.12. The van der Waals surface area contributed by atoms with Crippen molar-refractivity contribution in [2.75, 3.05) is 5.32 Å². The minimum atomic E-state index is -0.989. The Hall–Kier alpha value is -3.41. The van der Waals surface area contributed by atoms with Crippen LogP contribution in [0.15, 0.2) is 66.7 Å². The second-order valence-electron chi connectivity index (χ2n) is 5.91. The van der Waals surface area contributed by atoms with Gasteiger partial charge in [0.25, 0.3) is 5.91 Å². The molecule has 0 bridgehead atoms. The first-order valence-corrected chi connectivity index (χ1v) is 8.55. The fraction of sp³-hybridized carbons (Fsp3) is 0.190. The van der Waals surface area contributed by atoms with E-state index in [0.29, 0.717) is 5.69 Å².